The molecule has 21 heavy (non-hydrogen) atoms. The number of nitrogen functional groups attached to an aromatic ring is 1. The number of benzene rings is 1. The summed E-state index contributed by atoms with van der Waals surface area (Å²) >= 11 is 3.47. The predicted octanol–water partition coefficient (Wildman–Crippen LogP) is 4.67. The maximum absolute atomic E-state index is 6.02. The van der Waals surface area contributed by atoms with Gasteiger partial charge in [-0.05, 0) is 61.1 Å². The Labute approximate surface area is 133 Å². The van der Waals surface area contributed by atoms with Gasteiger partial charge in [0.2, 0.25) is 5.88 Å². The summed E-state index contributed by atoms with van der Waals surface area (Å²) in [4.78, 5) is 0. The van der Waals surface area contributed by atoms with Gasteiger partial charge in [0.25, 0.3) is 0 Å². The fourth-order valence-corrected chi connectivity index (χ4v) is 4.54. The molecule has 2 bridgehead atoms. The van der Waals surface area contributed by atoms with E-state index in [1.807, 2.05) is 12.1 Å². The van der Waals surface area contributed by atoms with E-state index < -0.39 is 0 Å². The van der Waals surface area contributed by atoms with E-state index in [1.54, 1.807) is 0 Å². The third-order valence-corrected chi connectivity index (χ3v) is 5.79. The highest BCUT2D eigenvalue weighted by Gasteiger charge is 2.40. The molecular formula is C17H19BrN2O. The summed E-state index contributed by atoms with van der Waals surface area (Å²) < 4.78 is 6.35. The summed E-state index contributed by atoms with van der Waals surface area (Å²) in [5, 5.41) is 4.25. The van der Waals surface area contributed by atoms with Gasteiger partial charge in [-0.15, -0.1) is 0 Å². The van der Waals surface area contributed by atoms with E-state index in [0.717, 1.165) is 45.5 Å². The second kappa shape index (κ2) is 5.16. The van der Waals surface area contributed by atoms with Crippen LogP contribution in [0.25, 0.3) is 11.1 Å². The van der Waals surface area contributed by atoms with Crippen LogP contribution in [-0.2, 0) is 6.42 Å². The molecule has 3 nitrogen and oxygen atoms in total. The molecule has 1 aromatic carbocycles. The molecule has 2 saturated carbocycles. The topological polar surface area (TPSA) is 52.0 Å². The van der Waals surface area contributed by atoms with Gasteiger partial charge >= 0.3 is 0 Å². The van der Waals surface area contributed by atoms with Crippen LogP contribution in [0.15, 0.2) is 33.3 Å². The van der Waals surface area contributed by atoms with Crippen LogP contribution in [0.1, 0.15) is 31.4 Å². The van der Waals surface area contributed by atoms with Gasteiger partial charge in [-0.1, -0.05) is 39.6 Å². The average Bonchev–Trinajstić information content (AvgIpc) is 3.17. The van der Waals surface area contributed by atoms with E-state index in [1.165, 1.54) is 25.7 Å². The zero-order chi connectivity index (χ0) is 14.4. The highest BCUT2D eigenvalue weighted by molar-refractivity contribution is 9.10. The zero-order valence-electron chi connectivity index (χ0n) is 11.9. The minimum atomic E-state index is 0.440. The van der Waals surface area contributed by atoms with E-state index >= 15 is 0 Å². The van der Waals surface area contributed by atoms with Crippen LogP contribution in [0, 0.1) is 17.8 Å². The first-order valence-corrected chi connectivity index (χ1v) is 8.50. The molecule has 3 unspecified atom stereocenters. The molecule has 2 fully saturated rings. The molecule has 110 valence electrons. The first-order chi connectivity index (χ1) is 10.2. The Bertz CT molecular complexity index is 649. The number of anilines is 1. The van der Waals surface area contributed by atoms with Gasteiger partial charge in [0, 0.05) is 4.47 Å². The molecule has 0 saturated heterocycles. The number of nitrogens with zero attached hydrogens (tertiary/aromatic N) is 1. The van der Waals surface area contributed by atoms with Crippen LogP contribution < -0.4 is 5.73 Å². The Hall–Kier alpha value is -1.29. The van der Waals surface area contributed by atoms with Crippen molar-refractivity contribution in [2.75, 3.05) is 5.73 Å². The molecule has 2 aliphatic rings. The second-order valence-electron chi connectivity index (χ2n) is 6.51. The number of aromatic nitrogens is 1. The van der Waals surface area contributed by atoms with Crippen LogP contribution in [-0.4, -0.2) is 5.16 Å². The summed E-state index contributed by atoms with van der Waals surface area (Å²) in [6, 6.07) is 8.20. The molecule has 2 aromatic rings. The highest BCUT2D eigenvalue weighted by Crippen LogP contribution is 2.50. The first-order valence-electron chi connectivity index (χ1n) is 7.70. The molecule has 0 amide bonds. The van der Waals surface area contributed by atoms with Crippen molar-refractivity contribution in [3.8, 4) is 11.1 Å². The highest BCUT2D eigenvalue weighted by atomic mass is 79.9. The van der Waals surface area contributed by atoms with Gasteiger partial charge in [-0.25, -0.2) is 0 Å². The first kappa shape index (κ1) is 13.4. The third kappa shape index (κ3) is 2.39. The Morgan fingerprint density at radius 2 is 2.00 bits per heavy atom. The Balaban J connectivity index is 1.63. The Morgan fingerprint density at radius 1 is 1.19 bits per heavy atom. The average molecular weight is 347 g/mol. The van der Waals surface area contributed by atoms with Crippen molar-refractivity contribution in [3.05, 3.63) is 34.4 Å². The van der Waals surface area contributed by atoms with Gasteiger partial charge in [0.15, 0.2) is 0 Å². The fourth-order valence-electron chi connectivity index (χ4n) is 4.28. The van der Waals surface area contributed by atoms with Crippen molar-refractivity contribution in [2.24, 2.45) is 17.8 Å². The molecule has 0 aliphatic heterocycles. The molecule has 3 atom stereocenters. The van der Waals surface area contributed by atoms with E-state index in [2.05, 4.69) is 33.2 Å². The van der Waals surface area contributed by atoms with Crippen molar-refractivity contribution < 1.29 is 4.52 Å². The summed E-state index contributed by atoms with van der Waals surface area (Å²) in [7, 11) is 0. The normalized spacial score (nSPS) is 27.4. The zero-order valence-corrected chi connectivity index (χ0v) is 13.5. The van der Waals surface area contributed by atoms with Crippen LogP contribution in [0.4, 0.5) is 5.88 Å². The monoisotopic (exact) mass is 346 g/mol. The van der Waals surface area contributed by atoms with Gasteiger partial charge in [-0.2, -0.15) is 0 Å². The van der Waals surface area contributed by atoms with Crippen molar-refractivity contribution in [2.45, 2.75) is 32.1 Å². The SMILES string of the molecule is Nc1onc(CC2CC3CCC2C3)c1-c1ccc(Br)cc1. The summed E-state index contributed by atoms with van der Waals surface area (Å²) in [5.74, 6) is 3.06. The Morgan fingerprint density at radius 3 is 2.67 bits per heavy atom. The Kier molecular flexibility index (Phi) is 3.29. The lowest BCUT2D eigenvalue weighted by atomic mass is 9.84. The molecule has 4 heteroatoms. The molecule has 2 aliphatic carbocycles. The summed E-state index contributed by atoms with van der Waals surface area (Å²) in [6.45, 7) is 0. The minimum absolute atomic E-state index is 0.440. The lowest BCUT2D eigenvalue weighted by molar-refractivity contribution is 0.322. The third-order valence-electron chi connectivity index (χ3n) is 5.26. The minimum Gasteiger partial charge on any atom is -0.367 e. The maximum atomic E-state index is 6.02. The molecular weight excluding hydrogens is 328 g/mol. The lowest BCUT2D eigenvalue weighted by Crippen LogP contribution is -2.13. The van der Waals surface area contributed by atoms with Crippen molar-refractivity contribution >= 4 is 21.8 Å². The van der Waals surface area contributed by atoms with Crippen molar-refractivity contribution in [1.29, 1.82) is 0 Å². The maximum Gasteiger partial charge on any atom is 0.230 e. The van der Waals surface area contributed by atoms with E-state index in [-0.39, 0.29) is 0 Å². The number of rotatable bonds is 3. The molecule has 4 rings (SSSR count). The molecule has 1 heterocycles. The molecule has 2 N–H and O–H groups in total. The van der Waals surface area contributed by atoms with Gasteiger partial charge in [0.1, 0.15) is 0 Å². The number of fused-ring (bicyclic) bond motifs is 2. The predicted molar refractivity (Wildman–Crippen MR) is 86.7 cm³/mol. The van der Waals surface area contributed by atoms with E-state index in [9.17, 15) is 0 Å². The van der Waals surface area contributed by atoms with Gasteiger partial charge < -0.3 is 10.3 Å². The van der Waals surface area contributed by atoms with E-state index in [4.69, 9.17) is 10.3 Å². The van der Waals surface area contributed by atoms with E-state index in [0.29, 0.717) is 5.88 Å². The smallest absolute Gasteiger partial charge is 0.230 e. The number of hydrogen-bond acceptors (Lipinski definition) is 3. The lowest BCUT2D eigenvalue weighted by Gasteiger charge is -2.20. The summed E-state index contributed by atoms with van der Waals surface area (Å²) in [6.07, 6.45) is 6.62. The van der Waals surface area contributed by atoms with Crippen LogP contribution in [0.2, 0.25) is 0 Å². The van der Waals surface area contributed by atoms with Gasteiger partial charge in [0.05, 0.1) is 11.3 Å². The van der Waals surface area contributed by atoms with Crippen molar-refractivity contribution in [3.63, 3.8) is 0 Å². The number of hydrogen-bond donors (Lipinski definition) is 1. The quantitative estimate of drug-likeness (QED) is 0.878. The van der Waals surface area contributed by atoms with Gasteiger partial charge in [-0.3, -0.25) is 0 Å². The van der Waals surface area contributed by atoms with Crippen LogP contribution in [0.3, 0.4) is 0 Å². The second-order valence-corrected chi connectivity index (χ2v) is 7.43. The van der Waals surface area contributed by atoms with Crippen molar-refractivity contribution in [1.82, 2.24) is 5.16 Å². The molecule has 0 spiro atoms. The number of halogens is 1. The fraction of sp³-hybridized carbons (Fsp3) is 0.471. The largest absolute Gasteiger partial charge is 0.367 e. The summed E-state index contributed by atoms with van der Waals surface area (Å²) in [5.41, 5.74) is 9.14. The number of nitrogens with two attached hydrogens (primary N) is 1. The molecule has 1 aromatic heterocycles. The van der Waals surface area contributed by atoms with Crippen LogP contribution >= 0.6 is 15.9 Å². The molecule has 0 radical (unpaired) electrons. The standard InChI is InChI=1S/C17H19BrN2O/c18-14-5-3-11(4-6-14)16-15(20-21-17(16)19)9-13-8-10-1-2-12(13)7-10/h3-6,10,12-13H,1-2,7-9,19H2. The van der Waals surface area contributed by atoms with Crippen LogP contribution in [0.5, 0.6) is 0 Å².